The molecule has 1 aromatic carbocycles. The van der Waals surface area contributed by atoms with Crippen LogP contribution in [0.1, 0.15) is 41.3 Å². The fourth-order valence-electron chi connectivity index (χ4n) is 3.14. The molecule has 3 nitrogen and oxygen atoms in total. The van der Waals surface area contributed by atoms with Gasteiger partial charge in [0.2, 0.25) is 0 Å². The van der Waals surface area contributed by atoms with E-state index in [0.29, 0.717) is 6.04 Å². The normalized spacial score (nSPS) is 18.7. The summed E-state index contributed by atoms with van der Waals surface area (Å²) < 4.78 is 1.94. The van der Waals surface area contributed by atoms with Crippen molar-refractivity contribution in [1.29, 1.82) is 0 Å². The number of aromatic nitrogens is 2. The molecule has 1 N–H and O–H groups in total. The first-order valence-corrected chi connectivity index (χ1v) is 7.42. The molecule has 0 aliphatic carbocycles. The van der Waals surface area contributed by atoms with Crippen molar-refractivity contribution >= 4 is 0 Å². The lowest BCUT2D eigenvalue weighted by Crippen LogP contribution is -2.14. The van der Waals surface area contributed by atoms with Crippen LogP contribution in [0, 0.1) is 20.8 Å². The zero-order valence-corrected chi connectivity index (χ0v) is 12.8. The van der Waals surface area contributed by atoms with Crippen molar-refractivity contribution in [2.75, 3.05) is 6.54 Å². The molecule has 0 amide bonds. The van der Waals surface area contributed by atoms with Gasteiger partial charge in [-0.1, -0.05) is 12.1 Å². The molecule has 1 saturated heterocycles. The molecule has 2 heterocycles. The highest BCUT2D eigenvalue weighted by Gasteiger charge is 2.23. The van der Waals surface area contributed by atoms with Crippen LogP contribution in [-0.4, -0.2) is 16.3 Å². The average molecular weight is 269 g/mol. The summed E-state index contributed by atoms with van der Waals surface area (Å²) in [5, 5.41) is 8.28. The van der Waals surface area contributed by atoms with Crippen LogP contribution in [0.15, 0.2) is 18.3 Å². The van der Waals surface area contributed by atoms with Crippen molar-refractivity contribution < 1.29 is 0 Å². The van der Waals surface area contributed by atoms with E-state index in [1.54, 1.807) is 0 Å². The molecule has 1 fully saturated rings. The number of nitrogens with zero attached hydrogens (tertiary/aromatic N) is 2. The number of hydrogen-bond donors (Lipinski definition) is 1. The highest BCUT2D eigenvalue weighted by atomic mass is 15.3. The second-order valence-corrected chi connectivity index (χ2v) is 5.93. The quantitative estimate of drug-likeness (QED) is 0.905. The fraction of sp³-hybridized carbons (Fsp3) is 0.471. The molecule has 1 unspecified atom stereocenters. The zero-order valence-electron chi connectivity index (χ0n) is 12.8. The van der Waals surface area contributed by atoms with Crippen LogP contribution in [-0.2, 0) is 7.05 Å². The molecule has 2 aromatic rings. The lowest BCUT2D eigenvalue weighted by molar-refractivity contribution is 0.607. The second-order valence-electron chi connectivity index (χ2n) is 5.93. The molecular formula is C17H23N3. The molecule has 1 atom stereocenters. The third kappa shape index (κ3) is 2.16. The second kappa shape index (κ2) is 5.06. The van der Waals surface area contributed by atoms with Crippen LogP contribution in [0.3, 0.4) is 0 Å². The molecule has 0 spiro atoms. The summed E-state index contributed by atoms with van der Waals surface area (Å²) in [4.78, 5) is 0. The Bertz CT molecular complexity index is 634. The summed E-state index contributed by atoms with van der Waals surface area (Å²) in [5.41, 5.74) is 7.93. The topological polar surface area (TPSA) is 29.9 Å². The van der Waals surface area contributed by atoms with Crippen LogP contribution >= 0.6 is 0 Å². The largest absolute Gasteiger partial charge is 0.309 e. The van der Waals surface area contributed by atoms with Gasteiger partial charge in [0.15, 0.2) is 0 Å². The maximum absolute atomic E-state index is 4.72. The lowest BCUT2D eigenvalue weighted by atomic mass is 9.93. The van der Waals surface area contributed by atoms with Crippen LogP contribution in [0.4, 0.5) is 0 Å². The van der Waals surface area contributed by atoms with E-state index < -0.39 is 0 Å². The summed E-state index contributed by atoms with van der Waals surface area (Å²) in [5.74, 6) is 0. The van der Waals surface area contributed by atoms with Gasteiger partial charge >= 0.3 is 0 Å². The number of nitrogens with one attached hydrogen (secondary N) is 1. The molecule has 1 aliphatic rings. The first-order valence-electron chi connectivity index (χ1n) is 7.42. The van der Waals surface area contributed by atoms with E-state index in [2.05, 4.69) is 44.4 Å². The van der Waals surface area contributed by atoms with Crippen molar-refractivity contribution in [3.8, 4) is 11.1 Å². The summed E-state index contributed by atoms with van der Waals surface area (Å²) in [7, 11) is 2.01. The maximum atomic E-state index is 4.72. The van der Waals surface area contributed by atoms with Crippen LogP contribution in [0.25, 0.3) is 11.1 Å². The fourth-order valence-corrected chi connectivity index (χ4v) is 3.14. The minimum Gasteiger partial charge on any atom is -0.309 e. The molecule has 1 aromatic heterocycles. The van der Waals surface area contributed by atoms with Crippen LogP contribution in [0.5, 0.6) is 0 Å². The van der Waals surface area contributed by atoms with Crippen LogP contribution < -0.4 is 5.32 Å². The minimum absolute atomic E-state index is 0.409. The first-order chi connectivity index (χ1) is 9.58. The summed E-state index contributed by atoms with van der Waals surface area (Å²) in [6.45, 7) is 7.70. The van der Waals surface area contributed by atoms with Gasteiger partial charge in [0.1, 0.15) is 0 Å². The third-order valence-corrected chi connectivity index (χ3v) is 4.60. The van der Waals surface area contributed by atoms with Crippen LogP contribution in [0.2, 0.25) is 0 Å². The van der Waals surface area contributed by atoms with Gasteiger partial charge in [0.05, 0.1) is 11.7 Å². The average Bonchev–Trinajstić information content (AvgIpc) is 3.05. The van der Waals surface area contributed by atoms with Crippen molar-refractivity contribution in [1.82, 2.24) is 15.1 Å². The van der Waals surface area contributed by atoms with Crippen molar-refractivity contribution in [3.05, 3.63) is 40.7 Å². The minimum atomic E-state index is 0.409. The number of aryl methyl sites for hydroxylation is 2. The Kier molecular flexibility index (Phi) is 3.38. The third-order valence-electron chi connectivity index (χ3n) is 4.60. The van der Waals surface area contributed by atoms with Gasteiger partial charge in [-0.15, -0.1) is 0 Å². The Morgan fingerprint density at radius 3 is 2.65 bits per heavy atom. The molecule has 0 bridgehead atoms. The Morgan fingerprint density at radius 2 is 1.95 bits per heavy atom. The van der Waals surface area contributed by atoms with Crippen molar-refractivity contribution in [2.45, 2.75) is 39.7 Å². The Morgan fingerprint density at radius 1 is 1.15 bits per heavy atom. The van der Waals surface area contributed by atoms with Gasteiger partial charge in [-0.3, -0.25) is 4.68 Å². The Balaban J connectivity index is 2.12. The Hall–Kier alpha value is -1.61. The van der Waals surface area contributed by atoms with E-state index in [0.717, 1.165) is 6.54 Å². The van der Waals surface area contributed by atoms with Gasteiger partial charge in [-0.05, 0) is 62.4 Å². The molecule has 106 valence electrons. The lowest BCUT2D eigenvalue weighted by Gasteiger charge is -2.14. The van der Waals surface area contributed by atoms with Crippen molar-refractivity contribution in [3.63, 3.8) is 0 Å². The van der Waals surface area contributed by atoms with Gasteiger partial charge in [-0.2, -0.15) is 5.10 Å². The highest BCUT2D eigenvalue weighted by Crippen LogP contribution is 2.34. The van der Waals surface area contributed by atoms with Crippen molar-refractivity contribution in [2.24, 2.45) is 7.05 Å². The molecule has 3 heteroatoms. The van der Waals surface area contributed by atoms with E-state index >= 15 is 0 Å². The summed E-state index contributed by atoms with van der Waals surface area (Å²) >= 11 is 0. The highest BCUT2D eigenvalue weighted by molar-refractivity contribution is 5.71. The van der Waals surface area contributed by atoms with E-state index in [4.69, 9.17) is 5.10 Å². The van der Waals surface area contributed by atoms with Gasteiger partial charge in [-0.25, -0.2) is 0 Å². The predicted octanol–water partition coefficient (Wildman–Crippen LogP) is 3.44. The predicted molar refractivity (Wildman–Crippen MR) is 82.8 cm³/mol. The standard InChI is InChI=1S/C17H23N3/c1-11-7-8-14(13(3)12(11)2)15-10-20(4)19-17(15)16-6-5-9-18-16/h7-8,10,16,18H,5-6,9H2,1-4H3. The number of hydrogen-bond acceptors (Lipinski definition) is 2. The molecule has 3 rings (SSSR count). The number of rotatable bonds is 2. The van der Waals surface area contributed by atoms with E-state index in [1.807, 2.05) is 11.7 Å². The molecule has 0 radical (unpaired) electrons. The van der Waals surface area contributed by atoms with E-state index in [9.17, 15) is 0 Å². The summed E-state index contributed by atoms with van der Waals surface area (Å²) in [6.07, 6.45) is 4.59. The first kappa shape index (κ1) is 13.4. The van der Waals surface area contributed by atoms with Gasteiger partial charge in [0.25, 0.3) is 0 Å². The monoisotopic (exact) mass is 269 g/mol. The molecule has 0 saturated carbocycles. The smallest absolute Gasteiger partial charge is 0.0872 e. The maximum Gasteiger partial charge on any atom is 0.0872 e. The summed E-state index contributed by atoms with van der Waals surface area (Å²) in [6, 6.07) is 4.87. The van der Waals surface area contributed by atoms with E-state index in [-0.39, 0.29) is 0 Å². The molecular weight excluding hydrogens is 246 g/mol. The van der Waals surface area contributed by atoms with E-state index in [1.165, 1.54) is 46.4 Å². The SMILES string of the molecule is Cc1ccc(-c2cn(C)nc2C2CCCN2)c(C)c1C. The Labute approximate surface area is 121 Å². The number of benzene rings is 1. The molecule has 1 aliphatic heterocycles. The zero-order chi connectivity index (χ0) is 14.3. The molecule has 20 heavy (non-hydrogen) atoms. The van der Waals surface area contributed by atoms with Gasteiger partial charge in [0, 0.05) is 18.8 Å². The van der Waals surface area contributed by atoms with Gasteiger partial charge < -0.3 is 5.32 Å².